The minimum Gasteiger partial charge on any atom is -0.459 e. The minimum absolute atomic E-state index is 0.0977. The maximum absolute atomic E-state index is 13.8. The van der Waals surface area contributed by atoms with Crippen molar-refractivity contribution in [3.8, 4) is 0 Å². The summed E-state index contributed by atoms with van der Waals surface area (Å²) in [5.74, 6) is -2.49. The Morgan fingerprint density at radius 1 is 1.04 bits per heavy atom. The van der Waals surface area contributed by atoms with Crippen molar-refractivity contribution in [2.45, 2.75) is 147 Å². The van der Waals surface area contributed by atoms with Crippen LogP contribution < -0.4 is 0 Å². The second kappa shape index (κ2) is 17.5. The summed E-state index contributed by atoms with van der Waals surface area (Å²) in [5, 5.41) is 35.8. The number of hydrogen-bond acceptors (Lipinski definition) is 11. The van der Waals surface area contributed by atoms with E-state index in [2.05, 4.69) is 37.5 Å². The van der Waals surface area contributed by atoms with Crippen LogP contribution in [0.3, 0.4) is 0 Å². The molecule has 4 aliphatic rings. The largest absolute Gasteiger partial charge is 0.459 e. The Morgan fingerprint density at radius 3 is 2.33 bits per heavy atom. The molecule has 1 aromatic carbocycles. The van der Waals surface area contributed by atoms with E-state index in [1.807, 2.05) is 64.9 Å². The Morgan fingerprint density at radius 2 is 1.71 bits per heavy atom. The number of esters is 1. The van der Waals surface area contributed by atoms with Crippen molar-refractivity contribution >= 4 is 5.97 Å². The van der Waals surface area contributed by atoms with Gasteiger partial charge < -0.3 is 43.9 Å². The third kappa shape index (κ3) is 9.79. The zero-order chi connectivity index (χ0) is 37.8. The number of carbonyl (C=O) groups excluding carboxylic acids is 1. The van der Waals surface area contributed by atoms with Crippen molar-refractivity contribution in [1.29, 1.82) is 0 Å². The maximum Gasteiger partial charge on any atom is 0.311 e. The first-order valence-electron chi connectivity index (χ1n) is 18.9. The number of aliphatic hydroxyl groups is 3. The number of ether oxygens (including phenoxy) is 5. The van der Waals surface area contributed by atoms with Gasteiger partial charge in [-0.15, -0.1) is 0 Å². The molecule has 4 fully saturated rings. The van der Waals surface area contributed by atoms with Gasteiger partial charge in [-0.3, -0.25) is 9.69 Å². The molecule has 1 aromatic rings. The second-order valence-corrected chi connectivity index (χ2v) is 16.4. The number of carbonyl (C=O) groups is 1. The van der Waals surface area contributed by atoms with Gasteiger partial charge in [0.05, 0.1) is 49.1 Å². The lowest BCUT2D eigenvalue weighted by atomic mass is 9.78. The van der Waals surface area contributed by atoms with Crippen molar-refractivity contribution in [3.05, 3.63) is 48.0 Å². The first kappa shape index (κ1) is 41.8. The number of hydrogen-bond donors (Lipinski definition) is 3. The van der Waals surface area contributed by atoms with Crippen LogP contribution in [-0.2, 0) is 35.0 Å². The van der Waals surface area contributed by atoms with Crippen LogP contribution in [0.25, 0.3) is 0 Å². The van der Waals surface area contributed by atoms with E-state index in [4.69, 9.17) is 23.7 Å². The highest BCUT2D eigenvalue weighted by Crippen LogP contribution is 2.39. The molecular formula is C40H66N2O9. The normalized spacial score (nSPS) is 42.7. The highest BCUT2D eigenvalue weighted by molar-refractivity contribution is 5.73. The fourth-order valence-electron chi connectivity index (χ4n) is 8.53. The van der Waals surface area contributed by atoms with Crippen LogP contribution in [0.5, 0.6) is 0 Å². The Kier molecular flexibility index (Phi) is 14.3. The van der Waals surface area contributed by atoms with Gasteiger partial charge >= 0.3 is 5.97 Å². The van der Waals surface area contributed by atoms with Crippen LogP contribution in [0.15, 0.2) is 42.5 Å². The van der Waals surface area contributed by atoms with E-state index in [1.165, 1.54) is 0 Å². The van der Waals surface area contributed by atoms with Crippen molar-refractivity contribution in [2.75, 3.05) is 33.9 Å². The molecule has 2 bridgehead atoms. The molecule has 3 N–H and O–H groups in total. The van der Waals surface area contributed by atoms with Crippen LogP contribution in [0.2, 0.25) is 0 Å². The van der Waals surface area contributed by atoms with Crippen molar-refractivity contribution in [3.63, 3.8) is 0 Å². The van der Waals surface area contributed by atoms with Crippen LogP contribution >= 0.6 is 0 Å². The van der Waals surface area contributed by atoms with Gasteiger partial charge in [0.1, 0.15) is 17.8 Å². The quantitative estimate of drug-likeness (QED) is 0.290. The van der Waals surface area contributed by atoms with Crippen LogP contribution in [0, 0.1) is 17.8 Å². The molecule has 14 atom stereocenters. The van der Waals surface area contributed by atoms with Crippen molar-refractivity contribution < 1.29 is 43.8 Å². The fourth-order valence-corrected chi connectivity index (χ4v) is 8.53. The van der Waals surface area contributed by atoms with E-state index >= 15 is 0 Å². The molecule has 4 heterocycles. The number of benzene rings is 1. The third-order valence-corrected chi connectivity index (χ3v) is 11.6. The first-order valence-corrected chi connectivity index (χ1v) is 18.9. The van der Waals surface area contributed by atoms with Gasteiger partial charge in [0.15, 0.2) is 6.29 Å². The van der Waals surface area contributed by atoms with E-state index < -0.39 is 65.8 Å². The average molecular weight is 719 g/mol. The number of rotatable bonds is 6. The minimum atomic E-state index is -1.57. The Labute approximate surface area is 306 Å². The second-order valence-electron chi connectivity index (χ2n) is 16.4. The SMILES string of the molecule is C=C1CO[C@@H]2[C@@H](C)CN(Cc3ccccc3)[C@H](C)C[C@@](C)(OC1)[C@H](O[C@@H]1O[C@H](C)C[C@H](N(C)C)[C@H]1O)[C@@H](C)[C@H](O)[C@@H](C)C(=O)O[C@H](CC)[C@@]2(C)O. The molecule has 0 saturated carbocycles. The molecule has 11 heteroatoms. The molecule has 0 aliphatic carbocycles. The maximum atomic E-state index is 13.8. The van der Waals surface area contributed by atoms with Gasteiger partial charge in [-0.05, 0) is 85.0 Å². The summed E-state index contributed by atoms with van der Waals surface area (Å²) in [5.41, 5.74) is -0.839. The summed E-state index contributed by atoms with van der Waals surface area (Å²) in [4.78, 5) is 18.2. The molecule has 0 radical (unpaired) electrons. The number of nitrogens with zero attached hydrogens (tertiary/aromatic N) is 2. The fraction of sp³-hybridized carbons (Fsp3) is 0.775. The molecular weight excluding hydrogens is 652 g/mol. The topological polar surface area (TPSA) is 130 Å². The van der Waals surface area contributed by atoms with Crippen molar-refractivity contribution in [1.82, 2.24) is 9.80 Å². The molecule has 11 nitrogen and oxygen atoms in total. The van der Waals surface area contributed by atoms with Gasteiger partial charge in [0, 0.05) is 31.1 Å². The summed E-state index contributed by atoms with van der Waals surface area (Å²) in [7, 11) is 3.85. The lowest BCUT2D eigenvalue weighted by Crippen LogP contribution is -2.60. The molecule has 51 heavy (non-hydrogen) atoms. The van der Waals surface area contributed by atoms with E-state index in [9.17, 15) is 20.1 Å². The molecule has 4 saturated heterocycles. The van der Waals surface area contributed by atoms with Crippen LogP contribution in [0.1, 0.15) is 80.2 Å². The van der Waals surface area contributed by atoms with Gasteiger partial charge in [0.2, 0.25) is 0 Å². The Bertz CT molecular complexity index is 1280. The smallest absolute Gasteiger partial charge is 0.311 e. The zero-order valence-corrected chi connectivity index (χ0v) is 32.7. The molecule has 0 spiro atoms. The van der Waals surface area contributed by atoms with E-state index in [0.717, 1.165) is 5.56 Å². The molecule has 0 unspecified atom stereocenters. The van der Waals surface area contributed by atoms with E-state index in [1.54, 1.807) is 13.8 Å². The number of aliphatic hydroxyl groups excluding tert-OH is 2. The lowest BCUT2D eigenvalue weighted by molar-refractivity contribution is -0.303. The highest BCUT2D eigenvalue weighted by Gasteiger charge is 2.51. The Hall–Kier alpha value is -1.93. The molecule has 5 rings (SSSR count). The molecule has 290 valence electrons. The molecule has 4 aliphatic heterocycles. The van der Waals surface area contributed by atoms with Gasteiger partial charge in [-0.1, -0.05) is 57.7 Å². The molecule has 0 aromatic heterocycles. The van der Waals surface area contributed by atoms with Crippen LogP contribution in [-0.4, -0.2) is 131 Å². The predicted molar refractivity (Wildman–Crippen MR) is 196 cm³/mol. The van der Waals surface area contributed by atoms with E-state index in [-0.39, 0.29) is 37.3 Å². The average Bonchev–Trinajstić information content (AvgIpc) is 3.07. The monoisotopic (exact) mass is 718 g/mol. The first-order chi connectivity index (χ1) is 23.9. The summed E-state index contributed by atoms with van der Waals surface area (Å²) in [6.45, 7) is 20.9. The summed E-state index contributed by atoms with van der Waals surface area (Å²) >= 11 is 0. The summed E-state index contributed by atoms with van der Waals surface area (Å²) < 4.78 is 32.6. The number of fused-ring (bicyclic) bond motifs is 15. The predicted octanol–water partition coefficient (Wildman–Crippen LogP) is 4.16. The Balaban J connectivity index is 1.89. The van der Waals surface area contributed by atoms with Crippen LogP contribution in [0.4, 0.5) is 0 Å². The summed E-state index contributed by atoms with van der Waals surface area (Å²) in [6.07, 6.45) is -4.47. The van der Waals surface area contributed by atoms with Crippen molar-refractivity contribution in [2.24, 2.45) is 17.8 Å². The zero-order valence-electron chi connectivity index (χ0n) is 32.7. The van der Waals surface area contributed by atoms with Gasteiger partial charge in [-0.25, -0.2) is 0 Å². The van der Waals surface area contributed by atoms with E-state index in [0.29, 0.717) is 37.9 Å². The summed E-state index contributed by atoms with van der Waals surface area (Å²) in [6, 6.07) is 9.93. The standard InChI is InChI=1S/C40H66N2O9/c1-12-32-40(9,46)35-25(3)20-42(21-30-16-14-13-15-17-30)26(4)19-39(8,48-23-24(2)22-47-35)36(28(6)33(43)29(7)37(45)50-32)51-38-34(44)31(41(10)11)18-27(5)49-38/h13-17,25-29,31-36,38,43-44,46H,2,12,18-23H2,1,3-11H3/t25-,26+,27+,28-,29+,31-,32+,33-,34+,35+,36+,38-,39+,40+/m0/s1. The lowest BCUT2D eigenvalue weighted by Gasteiger charge is -2.49. The number of likely N-dealkylation sites (N-methyl/N-ethyl adjacent to an activating group) is 1. The van der Waals surface area contributed by atoms with Gasteiger partial charge in [-0.2, -0.15) is 0 Å². The third-order valence-electron chi connectivity index (χ3n) is 11.6. The van der Waals surface area contributed by atoms with Gasteiger partial charge in [0.25, 0.3) is 0 Å². The molecule has 0 amide bonds. The highest BCUT2D eigenvalue weighted by atomic mass is 16.7.